The Bertz CT molecular complexity index is 911. The first-order valence-corrected chi connectivity index (χ1v) is 11.8. The van der Waals surface area contributed by atoms with E-state index >= 15 is 0 Å². The standard InChI is InChI=1S/C20H22BrClN2O3S/c21-17-6-10-19(11-7-17)28(26,27)24(14-16-4-8-18(22)9-5-16)15-20(25)23-12-2-1-3-13-23/h4-11H,1-3,12-15H2. The molecule has 1 heterocycles. The average Bonchev–Trinajstić information content (AvgIpc) is 2.70. The Morgan fingerprint density at radius 1 is 1.00 bits per heavy atom. The smallest absolute Gasteiger partial charge is 0.243 e. The number of sulfonamides is 1. The van der Waals surface area contributed by atoms with Crippen LogP contribution in [0.3, 0.4) is 0 Å². The monoisotopic (exact) mass is 484 g/mol. The maximum absolute atomic E-state index is 13.2. The molecular formula is C20H22BrClN2O3S. The van der Waals surface area contributed by atoms with Crippen molar-refractivity contribution in [3.8, 4) is 0 Å². The highest BCUT2D eigenvalue weighted by Gasteiger charge is 2.29. The average molecular weight is 486 g/mol. The Kier molecular flexibility index (Phi) is 7.15. The Morgan fingerprint density at radius 2 is 1.61 bits per heavy atom. The number of likely N-dealkylation sites (tertiary alicyclic amines) is 1. The fraction of sp³-hybridized carbons (Fsp3) is 0.350. The van der Waals surface area contributed by atoms with Crippen molar-refractivity contribution in [2.24, 2.45) is 0 Å². The minimum Gasteiger partial charge on any atom is -0.342 e. The van der Waals surface area contributed by atoms with Gasteiger partial charge in [0, 0.05) is 29.1 Å². The predicted molar refractivity (Wildman–Crippen MR) is 114 cm³/mol. The number of rotatable bonds is 6. The fourth-order valence-corrected chi connectivity index (χ4v) is 4.94. The molecule has 2 aromatic carbocycles. The Balaban J connectivity index is 1.87. The lowest BCUT2D eigenvalue weighted by Gasteiger charge is -2.29. The zero-order valence-electron chi connectivity index (χ0n) is 15.4. The quantitative estimate of drug-likeness (QED) is 0.613. The molecule has 0 bridgehead atoms. The molecule has 3 rings (SSSR count). The van der Waals surface area contributed by atoms with Gasteiger partial charge in [-0.15, -0.1) is 0 Å². The molecule has 0 aromatic heterocycles. The number of benzene rings is 2. The van der Waals surface area contributed by atoms with Gasteiger partial charge in [0.15, 0.2) is 0 Å². The molecule has 5 nitrogen and oxygen atoms in total. The fourth-order valence-electron chi connectivity index (χ4n) is 3.17. The second kappa shape index (κ2) is 9.39. The molecule has 0 spiro atoms. The molecule has 0 radical (unpaired) electrons. The molecule has 1 amide bonds. The molecule has 8 heteroatoms. The summed E-state index contributed by atoms with van der Waals surface area (Å²) in [6, 6.07) is 13.4. The number of piperidine rings is 1. The first-order valence-electron chi connectivity index (χ1n) is 9.14. The summed E-state index contributed by atoms with van der Waals surface area (Å²) in [6.07, 6.45) is 3.03. The van der Waals surface area contributed by atoms with Crippen molar-refractivity contribution >= 4 is 43.5 Å². The molecule has 0 N–H and O–H groups in total. The van der Waals surface area contributed by atoms with Crippen LogP contribution in [0.4, 0.5) is 0 Å². The minimum atomic E-state index is -3.83. The van der Waals surface area contributed by atoms with Crippen LogP contribution in [-0.4, -0.2) is 43.2 Å². The third kappa shape index (κ3) is 5.35. The van der Waals surface area contributed by atoms with Crippen molar-refractivity contribution in [2.45, 2.75) is 30.7 Å². The van der Waals surface area contributed by atoms with E-state index in [2.05, 4.69) is 15.9 Å². The molecular weight excluding hydrogens is 464 g/mol. The maximum atomic E-state index is 13.2. The van der Waals surface area contributed by atoms with Crippen LogP contribution in [0, 0.1) is 0 Å². The van der Waals surface area contributed by atoms with Crippen LogP contribution in [0.2, 0.25) is 5.02 Å². The highest BCUT2D eigenvalue weighted by Crippen LogP contribution is 2.22. The van der Waals surface area contributed by atoms with Crippen LogP contribution < -0.4 is 0 Å². The molecule has 0 saturated carbocycles. The number of carbonyl (C=O) groups excluding carboxylic acids is 1. The number of amides is 1. The topological polar surface area (TPSA) is 57.7 Å². The van der Waals surface area contributed by atoms with Crippen LogP contribution in [0.1, 0.15) is 24.8 Å². The van der Waals surface area contributed by atoms with Crippen molar-refractivity contribution in [1.82, 2.24) is 9.21 Å². The molecule has 1 aliphatic heterocycles. The van der Waals surface area contributed by atoms with Gasteiger partial charge in [0.25, 0.3) is 0 Å². The number of halogens is 2. The summed E-state index contributed by atoms with van der Waals surface area (Å²) in [5.74, 6) is -0.158. The normalized spacial score (nSPS) is 15.0. The van der Waals surface area contributed by atoms with Crippen LogP contribution >= 0.6 is 27.5 Å². The van der Waals surface area contributed by atoms with Gasteiger partial charge < -0.3 is 4.90 Å². The van der Waals surface area contributed by atoms with Gasteiger partial charge in [-0.1, -0.05) is 39.7 Å². The molecule has 1 saturated heterocycles. The zero-order valence-corrected chi connectivity index (χ0v) is 18.5. The van der Waals surface area contributed by atoms with Gasteiger partial charge in [0.05, 0.1) is 11.4 Å². The Morgan fingerprint density at radius 3 is 2.21 bits per heavy atom. The number of nitrogens with zero attached hydrogens (tertiary/aromatic N) is 2. The first-order chi connectivity index (χ1) is 13.4. The highest BCUT2D eigenvalue weighted by molar-refractivity contribution is 9.10. The Hall–Kier alpha value is -1.41. The molecule has 0 unspecified atom stereocenters. The third-order valence-electron chi connectivity index (χ3n) is 4.74. The van der Waals surface area contributed by atoms with Crippen LogP contribution in [-0.2, 0) is 21.4 Å². The second-order valence-electron chi connectivity index (χ2n) is 6.79. The van der Waals surface area contributed by atoms with Gasteiger partial charge in [-0.2, -0.15) is 4.31 Å². The van der Waals surface area contributed by atoms with Crippen LogP contribution in [0.15, 0.2) is 57.9 Å². The summed E-state index contributed by atoms with van der Waals surface area (Å²) in [7, 11) is -3.83. The van der Waals surface area contributed by atoms with Gasteiger partial charge in [-0.25, -0.2) is 8.42 Å². The maximum Gasteiger partial charge on any atom is 0.243 e. The Labute approximate surface area is 179 Å². The van der Waals surface area contributed by atoms with E-state index in [1.807, 2.05) is 0 Å². The van der Waals surface area contributed by atoms with E-state index in [1.165, 1.54) is 4.31 Å². The SMILES string of the molecule is O=C(CN(Cc1ccc(Cl)cc1)S(=O)(=O)c1ccc(Br)cc1)N1CCCCC1. The summed E-state index contributed by atoms with van der Waals surface area (Å²) in [5.41, 5.74) is 0.775. The summed E-state index contributed by atoms with van der Waals surface area (Å²) in [4.78, 5) is 14.7. The van der Waals surface area contributed by atoms with Crippen molar-refractivity contribution in [1.29, 1.82) is 0 Å². The first kappa shape index (κ1) is 21.3. The lowest BCUT2D eigenvalue weighted by atomic mass is 10.1. The molecule has 1 aliphatic rings. The van der Waals surface area contributed by atoms with E-state index in [4.69, 9.17) is 11.6 Å². The van der Waals surface area contributed by atoms with Crippen LogP contribution in [0.25, 0.3) is 0 Å². The van der Waals surface area contributed by atoms with Crippen molar-refractivity contribution in [2.75, 3.05) is 19.6 Å². The molecule has 2 aromatic rings. The van der Waals surface area contributed by atoms with Crippen molar-refractivity contribution < 1.29 is 13.2 Å². The van der Waals surface area contributed by atoms with E-state index < -0.39 is 10.0 Å². The number of hydrogen-bond acceptors (Lipinski definition) is 3. The van der Waals surface area contributed by atoms with Gasteiger partial charge in [0.2, 0.25) is 15.9 Å². The van der Waals surface area contributed by atoms with Crippen LogP contribution in [0.5, 0.6) is 0 Å². The highest BCUT2D eigenvalue weighted by atomic mass is 79.9. The van der Waals surface area contributed by atoms with E-state index in [0.717, 1.165) is 29.3 Å². The van der Waals surface area contributed by atoms with Gasteiger partial charge in [-0.3, -0.25) is 4.79 Å². The summed E-state index contributed by atoms with van der Waals surface area (Å²) < 4.78 is 28.5. The lowest BCUT2D eigenvalue weighted by Crippen LogP contribution is -2.44. The van der Waals surface area contributed by atoms with E-state index in [1.54, 1.807) is 53.4 Å². The molecule has 0 aliphatic carbocycles. The largest absolute Gasteiger partial charge is 0.342 e. The summed E-state index contributed by atoms with van der Waals surface area (Å²) in [6.45, 7) is 1.30. The third-order valence-corrected chi connectivity index (χ3v) is 7.33. The molecule has 0 atom stereocenters. The summed E-state index contributed by atoms with van der Waals surface area (Å²) >= 11 is 9.26. The van der Waals surface area contributed by atoms with Crippen molar-refractivity contribution in [3.63, 3.8) is 0 Å². The molecule has 28 heavy (non-hydrogen) atoms. The second-order valence-corrected chi connectivity index (χ2v) is 10.1. The van der Waals surface area contributed by atoms with Gasteiger partial charge >= 0.3 is 0 Å². The minimum absolute atomic E-state index is 0.106. The van der Waals surface area contributed by atoms with Gasteiger partial charge in [-0.05, 0) is 61.2 Å². The lowest BCUT2D eigenvalue weighted by molar-refractivity contribution is -0.132. The number of carbonyl (C=O) groups is 1. The van der Waals surface area contributed by atoms with Crippen molar-refractivity contribution in [3.05, 3.63) is 63.6 Å². The molecule has 1 fully saturated rings. The predicted octanol–water partition coefficient (Wildman–Crippen LogP) is 4.31. The molecule has 150 valence electrons. The van der Waals surface area contributed by atoms with E-state index in [9.17, 15) is 13.2 Å². The number of hydrogen-bond donors (Lipinski definition) is 0. The van der Waals surface area contributed by atoms with E-state index in [0.29, 0.717) is 18.1 Å². The summed E-state index contributed by atoms with van der Waals surface area (Å²) in [5, 5.41) is 0.579. The van der Waals surface area contributed by atoms with Gasteiger partial charge in [0.1, 0.15) is 0 Å². The van der Waals surface area contributed by atoms with E-state index in [-0.39, 0.29) is 23.9 Å². The zero-order chi connectivity index (χ0) is 20.1.